The fourth-order valence-electron chi connectivity index (χ4n) is 0.334. The first-order chi connectivity index (χ1) is 4.72. The lowest BCUT2D eigenvalue weighted by atomic mass is 10.3. The van der Waals surface area contributed by atoms with Crippen LogP contribution in [0.3, 0.4) is 0 Å². The van der Waals surface area contributed by atoms with Gasteiger partial charge in [-0.15, -0.1) is 4.99 Å². The second kappa shape index (κ2) is 5.77. The molecule has 0 aliphatic carbocycles. The van der Waals surface area contributed by atoms with Crippen LogP contribution >= 0.6 is 31.9 Å². The molecule has 0 aromatic heterocycles. The summed E-state index contributed by atoms with van der Waals surface area (Å²) in [5, 5.41) is 0.697. The molecule has 5 heteroatoms. The maximum atomic E-state index is 10.6. The zero-order valence-electron chi connectivity index (χ0n) is 5.01. The highest BCUT2D eigenvalue weighted by molar-refractivity contribution is 9.10. The average Bonchev–Trinajstić information content (AvgIpc) is 1.89. The number of carbonyl (C=O) groups excluding carboxylic acids is 2. The number of amides is 1. The molecule has 0 aromatic carbocycles. The SMILES string of the molecule is O=C=NC(=O)C(Br)CCBr. The Morgan fingerprint density at radius 3 is 2.70 bits per heavy atom. The number of rotatable bonds is 3. The highest BCUT2D eigenvalue weighted by atomic mass is 79.9. The van der Waals surface area contributed by atoms with Crippen molar-refractivity contribution in [3.63, 3.8) is 0 Å². The normalized spacial score (nSPS) is 11.8. The molecule has 0 saturated heterocycles. The predicted octanol–water partition coefficient (Wildman–Crippen LogP) is 1.40. The molecular formula is C5H5Br2NO2. The summed E-state index contributed by atoms with van der Waals surface area (Å²) in [5.74, 6) is -0.477. The molecule has 0 spiro atoms. The average molecular weight is 271 g/mol. The molecule has 10 heavy (non-hydrogen) atoms. The summed E-state index contributed by atoms with van der Waals surface area (Å²) in [7, 11) is 0. The summed E-state index contributed by atoms with van der Waals surface area (Å²) in [6.07, 6.45) is 1.80. The van der Waals surface area contributed by atoms with Crippen molar-refractivity contribution in [3.8, 4) is 0 Å². The van der Waals surface area contributed by atoms with Crippen molar-refractivity contribution in [2.75, 3.05) is 5.33 Å². The molecule has 1 atom stereocenters. The summed E-state index contributed by atoms with van der Waals surface area (Å²) < 4.78 is 0. The van der Waals surface area contributed by atoms with Crippen molar-refractivity contribution in [3.05, 3.63) is 0 Å². The van der Waals surface area contributed by atoms with Gasteiger partial charge in [0, 0.05) is 5.33 Å². The van der Waals surface area contributed by atoms with Crippen molar-refractivity contribution in [1.82, 2.24) is 0 Å². The lowest BCUT2D eigenvalue weighted by molar-refractivity contribution is -0.117. The third kappa shape index (κ3) is 3.93. The van der Waals surface area contributed by atoms with Gasteiger partial charge in [0.2, 0.25) is 6.08 Å². The zero-order valence-corrected chi connectivity index (χ0v) is 8.18. The van der Waals surface area contributed by atoms with E-state index in [9.17, 15) is 9.59 Å². The number of alkyl halides is 2. The Kier molecular flexibility index (Phi) is 5.78. The summed E-state index contributed by atoms with van der Waals surface area (Å²) in [4.78, 5) is 22.8. The molecule has 0 heterocycles. The predicted molar refractivity (Wildman–Crippen MR) is 44.3 cm³/mol. The molecule has 0 rings (SSSR count). The van der Waals surface area contributed by atoms with E-state index in [1.54, 1.807) is 0 Å². The van der Waals surface area contributed by atoms with Gasteiger partial charge in [-0.25, -0.2) is 4.79 Å². The van der Waals surface area contributed by atoms with E-state index >= 15 is 0 Å². The summed E-state index contributed by atoms with van der Waals surface area (Å²) in [6.45, 7) is 0. The number of carbonyl (C=O) groups is 1. The Bertz CT molecular complexity index is 165. The van der Waals surface area contributed by atoms with Crippen molar-refractivity contribution in [2.24, 2.45) is 4.99 Å². The molecule has 0 aliphatic heterocycles. The van der Waals surface area contributed by atoms with Crippen LogP contribution in [0.15, 0.2) is 4.99 Å². The summed E-state index contributed by atoms with van der Waals surface area (Å²) in [5.41, 5.74) is 0. The molecular weight excluding hydrogens is 266 g/mol. The first-order valence-electron chi connectivity index (χ1n) is 2.54. The largest absolute Gasteiger partial charge is 0.270 e. The fraction of sp³-hybridized carbons (Fsp3) is 0.600. The van der Waals surface area contributed by atoms with Gasteiger partial charge in [0.15, 0.2) is 0 Å². The van der Waals surface area contributed by atoms with E-state index in [1.165, 1.54) is 6.08 Å². The molecule has 1 amide bonds. The molecule has 0 N–H and O–H groups in total. The monoisotopic (exact) mass is 269 g/mol. The van der Waals surface area contributed by atoms with Gasteiger partial charge in [0.25, 0.3) is 5.91 Å². The quantitative estimate of drug-likeness (QED) is 0.442. The van der Waals surface area contributed by atoms with E-state index in [4.69, 9.17) is 0 Å². The van der Waals surface area contributed by atoms with E-state index in [0.29, 0.717) is 11.8 Å². The third-order valence-electron chi connectivity index (χ3n) is 0.786. The number of hydrogen-bond acceptors (Lipinski definition) is 2. The molecule has 1 unspecified atom stereocenters. The van der Waals surface area contributed by atoms with Crippen molar-refractivity contribution >= 4 is 43.8 Å². The minimum Gasteiger partial charge on any atom is -0.270 e. The van der Waals surface area contributed by atoms with Crippen LogP contribution in [0.2, 0.25) is 0 Å². The third-order valence-corrected chi connectivity index (χ3v) is 2.09. The maximum absolute atomic E-state index is 10.6. The van der Waals surface area contributed by atoms with Gasteiger partial charge in [-0.05, 0) is 6.42 Å². The van der Waals surface area contributed by atoms with Crippen LogP contribution in [-0.4, -0.2) is 22.1 Å². The van der Waals surface area contributed by atoms with Crippen LogP contribution in [0.5, 0.6) is 0 Å². The summed E-state index contributed by atoms with van der Waals surface area (Å²) in [6, 6.07) is 0. The standard InChI is InChI=1S/C5H5Br2NO2/c6-2-1-4(7)5(10)8-3-9/h4H,1-2H2. The Morgan fingerprint density at radius 1 is 1.70 bits per heavy atom. The lowest BCUT2D eigenvalue weighted by Gasteiger charge is -1.98. The first-order valence-corrected chi connectivity index (χ1v) is 4.58. The second-order valence-electron chi connectivity index (χ2n) is 1.49. The fourth-order valence-corrected chi connectivity index (χ4v) is 1.74. The van der Waals surface area contributed by atoms with Crippen molar-refractivity contribution < 1.29 is 9.59 Å². The topological polar surface area (TPSA) is 46.5 Å². The molecule has 56 valence electrons. The van der Waals surface area contributed by atoms with Gasteiger partial charge in [-0.1, -0.05) is 31.9 Å². The molecule has 0 radical (unpaired) electrons. The molecule has 0 fully saturated rings. The van der Waals surface area contributed by atoms with Gasteiger partial charge in [0.1, 0.15) is 0 Å². The van der Waals surface area contributed by atoms with E-state index in [2.05, 4.69) is 36.9 Å². The maximum Gasteiger partial charge on any atom is 0.270 e. The lowest BCUT2D eigenvalue weighted by Crippen LogP contribution is -2.10. The van der Waals surface area contributed by atoms with Crippen LogP contribution < -0.4 is 0 Å². The van der Waals surface area contributed by atoms with E-state index < -0.39 is 5.91 Å². The molecule has 3 nitrogen and oxygen atoms in total. The van der Waals surface area contributed by atoms with Crippen LogP contribution in [0.1, 0.15) is 6.42 Å². The molecule has 0 saturated carbocycles. The highest BCUT2D eigenvalue weighted by Crippen LogP contribution is 2.08. The first kappa shape index (κ1) is 10.0. The number of hydrogen-bond donors (Lipinski definition) is 0. The van der Waals surface area contributed by atoms with Crippen LogP contribution in [0.4, 0.5) is 0 Å². The minimum absolute atomic E-state index is 0.367. The van der Waals surface area contributed by atoms with Gasteiger partial charge in [0.05, 0.1) is 4.83 Å². The Balaban J connectivity index is 3.81. The van der Waals surface area contributed by atoms with Crippen LogP contribution in [0.25, 0.3) is 0 Å². The van der Waals surface area contributed by atoms with Crippen LogP contribution in [-0.2, 0) is 9.59 Å². The van der Waals surface area contributed by atoms with E-state index in [-0.39, 0.29) is 4.83 Å². The Labute approximate surface area is 75.2 Å². The van der Waals surface area contributed by atoms with Crippen molar-refractivity contribution in [2.45, 2.75) is 11.2 Å². The second-order valence-corrected chi connectivity index (χ2v) is 3.38. The number of aliphatic imine (C=N–C) groups is 1. The zero-order chi connectivity index (χ0) is 7.98. The smallest absolute Gasteiger partial charge is 0.270 e. The van der Waals surface area contributed by atoms with Gasteiger partial charge in [-0.3, -0.25) is 4.79 Å². The highest BCUT2D eigenvalue weighted by Gasteiger charge is 2.11. The molecule has 0 aromatic rings. The minimum atomic E-state index is -0.477. The van der Waals surface area contributed by atoms with E-state index in [1.807, 2.05) is 0 Å². The van der Waals surface area contributed by atoms with E-state index in [0.717, 1.165) is 0 Å². The Hall–Kier alpha value is 0.01000. The number of nitrogens with zero attached hydrogens (tertiary/aromatic N) is 1. The summed E-state index contributed by atoms with van der Waals surface area (Å²) >= 11 is 6.20. The number of halogens is 2. The number of isocyanates is 1. The van der Waals surface area contributed by atoms with Crippen molar-refractivity contribution in [1.29, 1.82) is 0 Å². The van der Waals surface area contributed by atoms with Crippen LogP contribution in [0, 0.1) is 0 Å². The van der Waals surface area contributed by atoms with Gasteiger partial charge in [-0.2, -0.15) is 0 Å². The Morgan fingerprint density at radius 2 is 2.30 bits per heavy atom. The molecule has 0 aliphatic rings. The van der Waals surface area contributed by atoms with Gasteiger partial charge < -0.3 is 0 Å². The van der Waals surface area contributed by atoms with Gasteiger partial charge >= 0.3 is 0 Å². The molecule has 0 bridgehead atoms.